The number of hydrogen-bond donors (Lipinski definition) is 7. The SMILES string of the molecule is CC(=O)N1CCC(NC(C)(C)C)CC1.CC(C)(C)NC1CCC(Cc2ccccc2)CC1.CC(C)(C)NCC1CC1.CC(C)(C)NCC1CCCCC1.CC(C)(C)NCCC1C=CCCC1.CC(C)(C)S(=O)(=O)c1ccccc1.CN(C1CCCCC1)C(C)(C)C.COc1ccc(NC(C)(C)C)cc1.Cc1cccc(NC(C)(C)C)c1. The molecule has 1 atom stereocenters. The minimum atomic E-state index is -3.18. The number of aryl methyl sites for hydroxylation is 1. The summed E-state index contributed by atoms with van der Waals surface area (Å²) in [4.78, 5) is 16.0. The van der Waals surface area contributed by atoms with Gasteiger partial charge in [0.25, 0.3) is 0 Å². The number of benzene rings is 4. The quantitative estimate of drug-likeness (QED) is 0.0535. The molecular formula is C102H183N9O4S. The highest BCUT2D eigenvalue weighted by Gasteiger charge is 2.32. The standard InChI is InChI=1S/C17H27N.C12H23N.C11H22N2O.C11H17NO.C11H17N.2C11H23N.C10H14O2S.C8H17N/c1-17(2,3)18-16-11-9-15(10-12-16)13-14-7-5-4-6-8-14;1-12(2,3)13-10-9-11-7-5-4-6-8-11;1-9(14)13-7-5-10(6-8-13)12-11(2,3)4;1-11(2,3)12-9-5-7-10(13-4)8-6-9;1-9-6-5-7-10(8-9)12-11(2,3)4;1-11(2,3)12(4)10-8-6-5-7-9-10;1-11(2,3)12-9-10-7-5-4-6-8-10;1-10(2,3)13(11,12)9-7-5-4-6-8-9;1-8(2,3)9-6-7-4-5-7/h4-8,15-16,18H,9-13H2,1-3H3;5,7,11,13H,4,6,8-10H2,1-3H3;10,12H,5-8H2,1-4H3;5-8,12H,1-4H3;5-8,12H,1-4H3;10H,5-9H2,1-4H3;10,12H,4-9H2,1-3H3;4-8H,1-3H3;7,9H,4-6H2,1-3H3. The Balaban J connectivity index is 0.000000445. The number of rotatable bonds is 16. The van der Waals surface area contributed by atoms with Gasteiger partial charge in [-0.1, -0.05) is 111 Å². The van der Waals surface area contributed by atoms with Crippen LogP contribution in [0.2, 0.25) is 0 Å². The van der Waals surface area contributed by atoms with E-state index in [2.05, 4.69) is 289 Å². The first-order valence-electron chi connectivity index (χ1n) is 45.6. The Morgan fingerprint density at radius 2 is 0.914 bits per heavy atom. The summed E-state index contributed by atoms with van der Waals surface area (Å²) in [5, 5.41) is 24.7. The molecule has 1 saturated heterocycles. The van der Waals surface area contributed by atoms with Crippen molar-refractivity contribution in [3.63, 3.8) is 0 Å². The van der Waals surface area contributed by atoms with Crippen molar-refractivity contribution in [3.8, 4) is 5.75 Å². The summed E-state index contributed by atoms with van der Waals surface area (Å²) in [6.45, 7) is 67.5. The number of sulfone groups is 1. The summed E-state index contributed by atoms with van der Waals surface area (Å²) in [6, 6.07) is 38.0. The van der Waals surface area contributed by atoms with Gasteiger partial charge >= 0.3 is 0 Å². The van der Waals surface area contributed by atoms with E-state index in [1.807, 2.05) is 35.2 Å². The second-order valence-electron chi connectivity index (χ2n) is 43.6. The lowest BCUT2D eigenvalue weighted by molar-refractivity contribution is -0.129. The first-order valence-corrected chi connectivity index (χ1v) is 47.0. The van der Waals surface area contributed by atoms with Crippen LogP contribution in [0.3, 0.4) is 0 Å². The van der Waals surface area contributed by atoms with Crippen LogP contribution in [0.1, 0.15) is 346 Å². The fraction of sp³-hybridized carbons (Fsp3) is 0.735. The fourth-order valence-electron chi connectivity index (χ4n) is 14.6. The Hall–Kier alpha value is -4.80. The van der Waals surface area contributed by atoms with Crippen LogP contribution in [0.5, 0.6) is 5.75 Å². The van der Waals surface area contributed by atoms with Crippen LogP contribution in [0, 0.1) is 30.6 Å². The molecule has 116 heavy (non-hydrogen) atoms. The molecule has 5 aliphatic carbocycles. The van der Waals surface area contributed by atoms with Crippen LogP contribution in [-0.2, 0) is 21.1 Å². The van der Waals surface area contributed by atoms with Crippen LogP contribution < -0.4 is 42.0 Å². The van der Waals surface area contributed by atoms with Crippen molar-refractivity contribution < 1.29 is 17.9 Å². The predicted octanol–water partition coefficient (Wildman–Crippen LogP) is 24.8. The maximum atomic E-state index is 11.9. The highest BCUT2D eigenvalue weighted by Crippen LogP contribution is 2.32. The topological polar surface area (TPSA) is 151 Å². The van der Waals surface area contributed by atoms with E-state index < -0.39 is 14.6 Å². The number of allylic oxidation sites excluding steroid dienone is 2. The molecule has 10 rings (SSSR count). The number of nitrogens with zero attached hydrogens (tertiary/aromatic N) is 2. The van der Waals surface area contributed by atoms with E-state index >= 15 is 0 Å². The molecule has 1 aliphatic heterocycles. The Morgan fingerprint density at radius 1 is 0.466 bits per heavy atom. The number of amides is 1. The van der Waals surface area contributed by atoms with E-state index in [0.29, 0.717) is 27.6 Å². The minimum Gasteiger partial charge on any atom is -0.497 e. The summed E-state index contributed by atoms with van der Waals surface area (Å²) in [7, 11) is 0.770. The van der Waals surface area contributed by atoms with E-state index in [1.54, 1.807) is 59.1 Å². The van der Waals surface area contributed by atoms with Crippen LogP contribution >= 0.6 is 0 Å². The average Bonchev–Trinajstić information content (AvgIpc) is 1.00. The molecule has 1 heterocycles. The Labute approximate surface area is 717 Å². The number of methoxy groups -OCH3 is 1. The molecule has 1 amide bonds. The van der Waals surface area contributed by atoms with Crippen molar-refractivity contribution in [2.75, 3.05) is 57.5 Å². The largest absolute Gasteiger partial charge is 0.497 e. The third-order valence-corrected chi connectivity index (χ3v) is 23.9. The summed E-state index contributed by atoms with van der Waals surface area (Å²) >= 11 is 0. The normalized spacial score (nSPS) is 18.8. The van der Waals surface area contributed by atoms with Gasteiger partial charge in [-0.2, -0.15) is 0 Å². The number of ether oxygens (including phenoxy) is 1. The Bertz CT molecular complexity index is 3320. The van der Waals surface area contributed by atoms with Crippen molar-refractivity contribution in [2.45, 2.75) is 421 Å². The third-order valence-electron chi connectivity index (χ3n) is 21.4. The van der Waals surface area contributed by atoms with Crippen molar-refractivity contribution in [1.82, 2.24) is 36.4 Å². The molecule has 0 aromatic heterocycles. The summed E-state index contributed by atoms with van der Waals surface area (Å²) in [6.07, 6.45) is 36.3. The molecule has 1 unspecified atom stereocenters. The Kier molecular flexibility index (Phi) is 47.9. The number of anilines is 2. The number of hydrogen-bond acceptors (Lipinski definition) is 12. The zero-order valence-corrected chi connectivity index (χ0v) is 81.6. The molecule has 4 aromatic carbocycles. The molecule has 0 spiro atoms. The monoisotopic (exact) mass is 1630 g/mol. The van der Waals surface area contributed by atoms with Gasteiger partial charge in [0.15, 0.2) is 9.84 Å². The van der Waals surface area contributed by atoms with E-state index in [0.717, 1.165) is 79.7 Å². The first kappa shape index (κ1) is 107. The smallest absolute Gasteiger partial charge is 0.219 e. The van der Waals surface area contributed by atoms with Gasteiger partial charge in [0, 0.05) is 93.8 Å². The molecule has 0 radical (unpaired) electrons. The Morgan fingerprint density at radius 3 is 1.32 bits per heavy atom. The number of likely N-dealkylation sites (tertiary alicyclic amines) is 1. The van der Waals surface area contributed by atoms with Crippen molar-refractivity contribution >= 4 is 27.1 Å². The van der Waals surface area contributed by atoms with Gasteiger partial charge in [-0.05, 0) is 413 Å². The van der Waals surface area contributed by atoms with Gasteiger partial charge in [-0.3, -0.25) is 9.69 Å². The van der Waals surface area contributed by atoms with Crippen LogP contribution in [0.4, 0.5) is 11.4 Å². The van der Waals surface area contributed by atoms with Gasteiger partial charge < -0.3 is 46.9 Å². The molecule has 7 N–H and O–H groups in total. The van der Waals surface area contributed by atoms with Crippen molar-refractivity contribution in [2.24, 2.45) is 23.7 Å². The summed E-state index contributed by atoms with van der Waals surface area (Å²) < 4.78 is 28.1. The van der Waals surface area contributed by atoms with Gasteiger partial charge in [0.1, 0.15) is 5.75 Å². The lowest BCUT2D eigenvalue weighted by atomic mass is 9.82. The average molecular weight is 1630 g/mol. The zero-order valence-electron chi connectivity index (χ0n) is 80.8. The number of piperidine rings is 1. The number of nitrogens with one attached hydrogen (secondary N) is 7. The van der Waals surface area contributed by atoms with Crippen LogP contribution in [0.25, 0.3) is 0 Å². The van der Waals surface area contributed by atoms with Gasteiger partial charge in [-0.25, -0.2) is 8.42 Å². The fourth-order valence-corrected chi connectivity index (χ4v) is 15.8. The third kappa shape index (κ3) is 55.2. The lowest BCUT2D eigenvalue weighted by Gasteiger charge is -2.40. The van der Waals surface area contributed by atoms with Crippen LogP contribution in [0.15, 0.2) is 126 Å². The molecule has 13 nitrogen and oxygen atoms in total. The molecule has 6 aliphatic rings. The highest BCUT2D eigenvalue weighted by molar-refractivity contribution is 7.92. The molecule has 0 bridgehead atoms. The van der Waals surface area contributed by atoms with Gasteiger partial charge in [0.05, 0.1) is 16.8 Å². The number of carbonyl (C=O) groups excluding carboxylic acids is 1. The van der Waals surface area contributed by atoms with Crippen LogP contribution in [-0.4, -0.2) is 138 Å². The predicted molar refractivity (Wildman–Crippen MR) is 509 cm³/mol. The van der Waals surface area contributed by atoms with Gasteiger partial charge in [-0.15, -0.1) is 0 Å². The second kappa shape index (κ2) is 51.8. The summed E-state index contributed by atoms with van der Waals surface area (Å²) in [5.74, 6) is 4.79. The maximum Gasteiger partial charge on any atom is 0.219 e. The van der Waals surface area contributed by atoms with E-state index in [9.17, 15) is 13.2 Å². The van der Waals surface area contributed by atoms with E-state index in [-0.39, 0.29) is 33.6 Å². The second-order valence-corrected chi connectivity index (χ2v) is 46.3. The van der Waals surface area contributed by atoms with E-state index in [4.69, 9.17) is 4.74 Å². The van der Waals surface area contributed by atoms with E-state index in [1.165, 1.54) is 165 Å². The zero-order chi connectivity index (χ0) is 87.8. The lowest BCUT2D eigenvalue weighted by Crippen LogP contribution is -2.50. The number of carbonyl (C=O) groups is 1. The van der Waals surface area contributed by atoms with Crippen molar-refractivity contribution in [1.29, 1.82) is 0 Å². The molecule has 666 valence electrons. The van der Waals surface area contributed by atoms with Gasteiger partial charge in [0.2, 0.25) is 5.91 Å². The molecular weight excluding hydrogens is 1450 g/mol. The maximum absolute atomic E-state index is 11.9. The van der Waals surface area contributed by atoms with Crippen molar-refractivity contribution in [3.05, 3.63) is 132 Å². The molecule has 5 fully saturated rings. The molecule has 14 heteroatoms. The summed E-state index contributed by atoms with van der Waals surface area (Å²) in [5.41, 5.74) is 7.06. The highest BCUT2D eigenvalue weighted by atomic mass is 32.2. The first-order chi connectivity index (χ1) is 53.5. The molecule has 4 aromatic rings. The minimum absolute atomic E-state index is 0.106. The molecule has 4 saturated carbocycles.